The highest BCUT2D eigenvalue weighted by atomic mass is 35.5. The Morgan fingerprint density at radius 1 is 1.17 bits per heavy atom. The molecule has 5 nitrogen and oxygen atoms in total. The maximum Gasteiger partial charge on any atom is 0.410 e. The molecule has 2 aliphatic heterocycles. The van der Waals surface area contributed by atoms with Gasteiger partial charge in [-0.05, 0) is 50.8 Å². The second-order valence-corrected chi connectivity index (χ2v) is 8.68. The molecule has 2 aromatic rings. The van der Waals surface area contributed by atoms with Crippen LogP contribution in [0.15, 0.2) is 30.3 Å². The van der Waals surface area contributed by atoms with Gasteiger partial charge in [-0.2, -0.15) is 18.3 Å². The van der Waals surface area contributed by atoms with Crippen LogP contribution in [0.4, 0.5) is 19.0 Å². The molecular formula is C21H24ClF3N4O. The van der Waals surface area contributed by atoms with Crippen molar-refractivity contribution < 1.29 is 18.0 Å². The highest BCUT2D eigenvalue weighted by Gasteiger charge is 2.47. The van der Waals surface area contributed by atoms with E-state index in [4.69, 9.17) is 11.6 Å². The van der Waals surface area contributed by atoms with Crippen molar-refractivity contribution >= 4 is 23.3 Å². The molecule has 0 unspecified atom stereocenters. The molecule has 0 radical (unpaired) electrons. The zero-order chi connectivity index (χ0) is 21.6. The molecule has 0 bridgehead atoms. The summed E-state index contributed by atoms with van der Waals surface area (Å²) in [6.07, 6.45) is -1.91. The summed E-state index contributed by atoms with van der Waals surface area (Å²) >= 11 is 5.91. The van der Waals surface area contributed by atoms with Gasteiger partial charge in [0.25, 0.3) is 5.91 Å². The summed E-state index contributed by atoms with van der Waals surface area (Å²) in [7, 11) is 0. The smallest absolute Gasteiger partial charge is 0.363 e. The van der Waals surface area contributed by atoms with Crippen LogP contribution in [-0.4, -0.2) is 38.8 Å². The molecule has 1 amide bonds. The van der Waals surface area contributed by atoms with Gasteiger partial charge in [0.2, 0.25) is 0 Å². The molecular weight excluding hydrogens is 417 g/mol. The van der Waals surface area contributed by atoms with Crippen LogP contribution in [-0.2, 0) is 0 Å². The zero-order valence-corrected chi connectivity index (χ0v) is 17.5. The molecule has 4 atom stereocenters. The van der Waals surface area contributed by atoms with Crippen LogP contribution in [0.25, 0.3) is 0 Å². The Morgan fingerprint density at radius 3 is 2.40 bits per heavy atom. The molecule has 2 aliphatic rings. The molecule has 9 heteroatoms. The number of likely N-dealkylation sites (tertiary alicyclic amines) is 1. The lowest BCUT2D eigenvalue weighted by Crippen LogP contribution is -2.47. The Kier molecular flexibility index (Phi) is 5.46. The summed E-state index contributed by atoms with van der Waals surface area (Å²) in [6.45, 7) is 3.94. The first kappa shape index (κ1) is 21.0. The third kappa shape index (κ3) is 3.89. The van der Waals surface area contributed by atoms with Crippen LogP contribution in [0.2, 0.25) is 5.02 Å². The van der Waals surface area contributed by atoms with Crippen LogP contribution in [0.5, 0.6) is 0 Å². The minimum absolute atomic E-state index is 0.0353. The van der Waals surface area contributed by atoms with E-state index in [1.807, 2.05) is 13.8 Å². The van der Waals surface area contributed by atoms with Crippen molar-refractivity contribution in [3.63, 3.8) is 0 Å². The molecule has 0 spiro atoms. The molecule has 0 aliphatic carbocycles. The number of fused-ring (bicyclic) bond motifs is 1. The first-order valence-corrected chi connectivity index (χ1v) is 10.5. The van der Waals surface area contributed by atoms with Crippen molar-refractivity contribution in [2.45, 2.75) is 69.9 Å². The molecule has 30 heavy (non-hydrogen) atoms. The number of halogens is 4. The van der Waals surface area contributed by atoms with E-state index in [1.165, 1.54) is 6.07 Å². The van der Waals surface area contributed by atoms with Gasteiger partial charge in [-0.25, -0.2) is 4.68 Å². The third-order valence-corrected chi connectivity index (χ3v) is 6.36. The Hall–Kier alpha value is -2.22. The van der Waals surface area contributed by atoms with Crippen molar-refractivity contribution in [2.75, 3.05) is 5.32 Å². The summed E-state index contributed by atoms with van der Waals surface area (Å²) in [4.78, 5) is 14.9. The molecule has 1 aromatic carbocycles. The van der Waals surface area contributed by atoms with Gasteiger partial charge < -0.3 is 10.2 Å². The van der Waals surface area contributed by atoms with E-state index in [-0.39, 0.29) is 35.9 Å². The molecule has 1 saturated heterocycles. The SMILES string of the molecule is C[C@@H]1CCC[C@@H](C)N1C(=O)c1cc2n(n1)[C@H](C(F)(F)F)C[C@H](c1ccc(Cl)cc1)N2. The van der Waals surface area contributed by atoms with Crippen LogP contribution < -0.4 is 5.32 Å². The monoisotopic (exact) mass is 440 g/mol. The van der Waals surface area contributed by atoms with Crippen molar-refractivity contribution in [3.05, 3.63) is 46.6 Å². The number of carbonyl (C=O) groups excluding carboxylic acids is 1. The summed E-state index contributed by atoms with van der Waals surface area (Å²) in [6, 6.07) is 5.87. The number of aromatic nitrogens is 2. The molecule has 4 rings (SSSR count). The van der Waals surface area contributed by atoms with Crippen molar-refractivity contribution in [1.82, 2.24) is 14.7 Å². The topological polar surface area (TPSA) is 50.2 Å². The molecule has 1 fully saturated rings. The molecule has 1 aromatic heterocycles. The van der Waals surface area contributed by atoms with Gasteiger partial charge in [0.1, 0.15) is 5.82 Å². The molecule has 3 heterocycles. The predicted molar refractivity (Wildman–Crippen MR) is 109 cm³/mol. The zero-order valence-electron chi connectivity index (χ0n) is 16.8. The fourth-order valence-corrected chi connectivity index (χ4v) is 4.67. The number of rotatable bonds is 2. The van der Waals surface area contributed by atoms with Crippen molar-refractivity contribution in [3.8, 4) is 0 Å². The van der Waals surface area contributed by atoms with E-state index in [0.29, 0.717) is 10.6 Å². The van der Waals surface area contributed by atoms with Gasteiger partial charge in [-0.1, -0.05) is 23.7 Å². The van der Waals surface area contributed by atoms with E-state index in [1.54, 1.807) is 29.2 Å². The van der Waals surface area contributed by atoms with Crippen LogP contribution in [0.3, 0.4) is 0 Å². The lowest BCUT2D eigenvalue weighted by atomic mass is 9.97. The number of hydrogen-bond acceptors (Lipinski definition) is 3. The Morgan fingerprint density at radius 2 is 1.80 bits per heavy atom. The first-order chi connectivity index (χ1) is 14.1. The fourth-order valence-electron chi connectivity index (χ4n) is 4.55. The van der Waals surface area contributed by atoms with Crippen LogP contribution >= 0.6 is 11.6 Å². The highest BCUT2D eigenvalue weighted by molar-refractivity contribution is 6.30. The van der Waals surface area contributed by atoms with E-state index in [2.05, 4.69) is 10.4 Å². The average Bonchev–Trinajstić information content (AvgIpc) is 3.11. The number of carbonyl (C=O) groups is 1. The molecule has 1 N–H and O–H groups in total. The summed E-state index contributed by atoms with van der Waals surface area (Å²) in [5.74, 6) is -0.119. The summed E-state index contributed by atoms with van der Waals surface area (Å²) in [5.41, 5.74) is 0.747. The molecule has 162 valence electrons. The van der Waals surface area contributed by atoms with E-state index in [0.717, 1.165) is 23.9 Å². The minimum Gasteiger partial charge on any atom is -0.363 e. The maximum absolute atomic E-state index is 13.9. The lowest BCUT2D eigenvalue weighted by Gasteiger charge is -2.38. The first-order valence-electron chi connectivity index (χ1n) is 10.2. The lowest BCUT2D eigenvalue weighted by molar-refractivity contribution is -0.173. The van der Waals surface area contributed by atoms with Crippen molar-refractivity contribution in [1.29, 1.82) is 0 Å². The Labute approximate surface area is 178 Å². The maximum atomic E-state index is 13.9. The number of alkyl halides is 3. The van der Waals surface area contributed by atoms with E-state index >= 15 is 0 Å². The van der Waals surface area contributed by atoms with Gasteiger partial charge in [-0.3, -0.25) is 4.79 Å². The fraction of sp³-hybridized carbons (Fsp3) is 0.524. The van der Waals surface area contributed by atoms with E-state index in [9.17, 15) is 18.0 Å². The number of benzene rings is 1. The second-order valence-electron chi connectivity index (χ2n) is 8.24. The van der Waals surface area contributed by atoms with Gasteiger partial charge in [-0.15, -0.1) is 0 Å². The Bertz CT molecular complexity index is 917. The van der Waals surface area contributed by atoms with E-state index < -0.39 is 18.3 Å². The Balaban J connectivity index is 1.68. The number of nitrogens with zero attached hydrogens (tertiary/aromatic N) is 3. The minimum atomic E-state index is -4.49. The third-order valence-electron chi connectivity index (χ3n) is 6.11. The largest absolute Gasteiger partial charge is 0.410 e. The summed E-state index contributed by atoms with van der Waals surface area (Å²) in [5, 5.41) is 7.75. The number of nitrogens with one attached hydrogen (secondary N) is 1. The molecule has 0 saturated carbocycles. The highest BCUT2D eigenvalue weighted by Crippen LogP contribution is 2.44. The quantitative estimate of drug-likeness (QED) is 0.661. The average molecular weight is 441 g/mol. The van der Waals surface area contributed by atoms with Gasteiger partial charge in [0.05, 0.1) is 6.04 Å². The standard InChI is InChI=1S/C21H24ClF3N4O/c1-12-4-3-5-13(2)28(12)20(30)17-11-19-26-16(14-6-8-15(22)9-7-14)10-18(21(23,24)25)29(19)27-17/h6-9,11-13,16,18,26H,3-5,10H2,1-2H3/t12-,13-,16-,18+/m1/s1. The second kappa shape index (κ2) is 7.80. The summed E-state index contributed by atoms with van der Waals surface area (Å²) < 4.78 is 42.5. The predicted octanol–water partition coefficient (Wildman–Crippen LogP) is 5.60. The number of piperidine rings is 1. The normalized spacial score (nSPS) is 26.8. The van der Waals surface area contributed by atoms with Crippen molar-refractivity contribution in [2.24, 2.45) is 0 Å². The van der Waals surface area contributed by atoms with Gasteiger partial charge in [0.15, 0.2) is 11.7 Å². The number of anilines is 1. The van der Waals surface area contributed by atoms with Gasteiger partial charge >= 0.3 is 6.18 Å². The van der Waals surface area contributed by atoms with Gasteiger partial charge in [0, 0.05) is 29.6 Å². The number of amides is 1. The van der Waals surface area contributed by atoms with Crippen LogP contribution in [0.1, 0.15) is 67.7 Å². The van der Waals surface area contributed by atoms with Crippen LogP contribution in [0, 0.1) is 0 Å². The number of hydrogen-bond donors (Lipinski definition) is 1.